The maximum atomic E-state index is 11.4. The first kappa shape index (κ1) is 12.6. The van der Waals surface area contributed by atoms with Crippen LogP contribution in [0.2, 0.25) is 0 Å². The average molecular weight is 242 g/mol. The zero-order valence-corrected chi connectivity index (χ0v) is 10.0. The number of nitrogens with two attached hydrogens (primary N) is 1. The van der Waals surface area contributed by atoms with Crippen molar-refractivity contribution < 1.29 is 13.2 Å². The van der Waals surface area contributed by atoms with E-state index in [9.17, 15) is 13.2 Å². The summed E-state index contributed by atoms with van der Waals surface area (Å²) in [7, 11) is -3.52. The molecule has 0 aliphatic rings. The van der Waals surface area contributed by atoms with E-state index in [2.05, 4.69) is 4.98 Å². The van der Waals surface area contributed by atoms with Gasteiger partial charge in [-0.2, -0.15) is 0 Å². The highest BCUT2D eigenvalue weighted by molar-refractivity contribution is 7.90. The van der Waals surface area contributed by atoms with E-state index in [-0.39, 0.29) is 10.6 Å². The Labute approximate surface area is 94.6 Å². The molecular weight excluding hydrogens is 228 g/mol. The largest absolute Gasteiger partial charge is 0.366 e. The van der Waals surface area contributed by atoms with Crippen LogP contribution in [0.1, 0.15) is 29.3 Å². The predicted molar refractivity (Wildman–Crippen MR) is 59.9 cm³/mol. The number of nitrogens with zero attached hydrogens (tertiary/aromatic N) is 1. The van der Waals surface area contributed by atoms with Gasteiger partial charge in [0.1, 0.15) is 0 Å². The first-order valence-electron chi connectivity index (χ1n) is 4.85. The minimum Gasteiger partial charge on any atom is -0.366 e. The van der Waals surface area contributed by atoms with Crippen LogP contribution in [0.25, 0.3) is 0 Å². The molecule has 0 aliphatic heterocycles. The summed E-state index contributed by atoms with van der Waals surface area (Å²) in [5, 5.41) is -0.250. The molecule has 0 spiro atoms. The average Bonchev–Trinajstić information content (AvgIpc) is 2.16. The lowest BCUT2D eigenvalue weighted by molar-refractivity contribution is 0.0996. The van der Waals surface area contributed by atoms with Crippen LogP contribution in [0.5, 0.6) is 0 Å². The summed E-state index contributed by atoms with van der Waals surface area (Å²) in [6, 6.07) is 1.50. The summed E-state index contributed by atoms with van der Waals surface area (Å²) in [6.45, 7) is 1.98. The van der Waals surface area contributed by atoms with Gasteiger partial charge in [0.25, 0.3) is 5.91 Å². The minimum atomic E-state index is -3.52. The third-order valence-corrected chi connectivity index (χ3v) is 3.09. The number of aromatic nitrogens is 1. The van der Waals surface area contributed by atoms with E-state index in [4.69, 9.17) is 5.73 Å². The van der Waals surface area contributed by atoms with Crippen LogP contribution in [-0.2, 0) is 16.3 Å². The Morgan fingerprint density at radius 2 is 2.12 bits per heavy atom. The van der Waals surface area contributed by atoms with Crippen LogP contribution in [0.15, 0.2) is 17.3 Å². The predicted octanol–water partition coefficient (Wildman–Crippen LogP) is 0.537. The third kappa shape index (κ3) is 2.79. The molecule has 16 heavy (non-hydrogen) atoms. The minimum absolute atomic E-state index is 0.0338. The Morgan fingerprint density at radius 1 is 1.50 bits per heavy atom. The molecule has 1 aromatic rings. The fourth-order valence-electron chi connectivity index (χ4n) is 1.39. The molecule has 1 rings (SSSR count). The maximum absolute atomic E-state index is 11.4. The number of hydrogen-bond donors (Lipinski definition) is 1. The first-order chi connectivity index (χ1) is 7.36. The second-order valence-corrected chi connectivity index (χ2v) is 5.51. The van der Waals surface area contributed by atoms with Gasteiger partial charge in [0.2, 0.25) is 0 Å². The van der Waals surface area contributed by atoms with Gasteiger partial charge in [-0.1, -0.05) is 13.3 Å². The standard InChI is InChI=1S/C10H14N2O3S/c1-3-4-7-5-8(9(11)13)10(12-6-7)16(2,14)15/h5-6H,3-4H2,1-2H3,(H2,11,13). The first-order valence-corrected chi connectivity index (χ1v) is 6.74. The second-order valence-electron chi connectivity index (χ2n) is 3.58. The smallest absolute Gasteiger partial charge is 0.251 e. The molecule has 1 amide bonds. The van der Waals surface area contributed by atoms with E-state index in [1.165, 1.54) is 12.3 Å². The molecule has 88 valence electrons. The molecule has 2 N–H and O–H groups in total. The summed E-state index contributed by atoms with van der Waals surface area (Å²) in [5.74, 6) is -0.772. The number of carbonyl (C=O) groups is 1. The van der Waals surface area contributed by atoms with Crippen LogP contribution < -0.4 is 5.73 Å². The molecule has 0 aromatic carbocycles. The van der Waals surface area contributed by atoms with Gasteiger partial charge in [-0.15, -0.1) is 0 Å². The summed E-state index contributed by atoms with van der Waals surface area (Å²) >= 11 is 0. The Morgan fingerprint density at radius 3 is 2.56 bits per heavy atom. The van der Waals surface area contributed by atoms with Crippen molar-refractivity contribution in [2.75, 3.05) is 6.26 Å². The van der Waals surface area contributed by atoms with Crippen molar-refractivity contribution in [1.82, 2.24) is 4.98 Å². The van der Waals surface area contributed by atoms with Gasteiger partial charge < -0.3 is 5.73 Å². The molecular formula is C10H14N2O3S. The van der Waals surface area contributed by atoms with E-state index in [1.807, 2.05) is 6.92 Å². The molecule has 0 unspecified atom stereocenters. The van der Waals surface area contributed by atoms with Crippen LogP contribution >= 0.6 is 0 Å². The van der Waals surface area contributed by atoms with Crippen LogP contribution in [0.4, 0.5) is 0 Å². The molecule has 0 saturated heterocycles. The van der Waals surface area contributed by atoms with Gasteiger partial charge in [-0.05, 0) is 18.1 Å². The molecule has 0 bridgehead atoms. The highest BCUT2D eigenvalue weighted by atomic mass is 32.2. The molecule has 0 saturated carbocycles. The molecule has 1 aromatic heterocycles. The molecule has 5 nitrogen and oxygen atoms in total. The van der Waals surface area contributed by atoms with E-state index < -0.39 is 15.7 Å². The van der Waals surface area contributed by atoms with E-state index >= 15 is 0 Å². The number of amides is 1. The number of rotatable bonds is 4. The van der Waals surface area contributed by atoms with E-state index in [0.29, 0.717) is 0 Å². The zero-order chi connectivity index (χ0) is 12.3. The Kier molecular flexibility index (Phi) is 3.64. The number of pyridine rings is 1. The lowest BCUT2D eigenvalue weighted by Gasteiger charge is -2.06. The monoisotopic (exact) mass is 242 g/mol. The van der Waals surface area contributed by atoms with Gasteiger partial charge in [0, 0.05) is 12.5 Å². The van der Waals surface area contributed by atoms with E-state index in [1.54, 1.807) is 0 Å². The Hall–Kier alpha value is -1.43. The van der Waals surface area contributed by atoms with Crippen LogP contribution in [0.3, 0.4) is 0 Å². The zero-order valence-electron chi connectivity index (χ0n) is 9.23. The summed E-state index contributed by atoms with van der Waals surface area (Å²) in [5.41, 5.74) is 5.91. The summed E-state index contributed by atoms with van der Waals surface area (Å²) < 4.78 is 22.7. The number of carbonyl (C=O) groups excluding carboxylic acids is 1. The highest BCUT2D eigenvalue weighted by Crippen LogP contribution is 2.15. The Balaban J connectivity index is 3.37. The normalized spacial score (nSPS) is 11.4. The second kappa shape index (κ2) is 4.61. The van der Waals surface area contributed by atoms with Gasteiger partial charge in [-0.25, -0.2) is 13.4 Å². The lowest BCUT2D eigenvalue weighted by atomic mass is 10.1. The fraction of sp³-hybridized carbons (Fsp3) is 0.400. The SMILES string of the molecule is CCCc1cnc(S(C)(=O)=O)c(C(N)=O)c1. The number of aryl methyl sites for hydroxylation is 1. The van der Waals surface area contributed by atoms with E-state index in [0.717, 1.165) is 24.7 Å². The molecule has 6 heteroatoms. The topological polar surface area (TPSA) is 90.1 Å². The fourth-order valence-corrected chi connectivity index (χ4v) is 2.20. The number of primary amides is 1. The quantitative estimate of drug-likeness (QED) is 0.834. The Bertz CT molecular complexity index is 509. The van der Waals surface area contributed by atoms with Crippen molar-refractivity contribution in [3.63, 3.8) is 0 Å². The third-order valence-electron chi connectivity index (χ3n) is 2.06. The maximum Gasteiger partial charge on any atom is 0.251 e. The molecule has 1 heterocycles. The summed E-state index contributed by atoms with van der Waals surface area (Å²) in [4.78, 5) is 14.9. The molecule has 0 aliphatic carbocycles. The lowest BCUT2D eigenvalue weighted by Crippen LogP contribution is -2.17. The van der Waals surface area contributed by atoms with Gasteiger partial charge >= 0.3 is 0 Å². The van der Waals surface area contributed by atoms with Crippen molar-refractivity contribution >= 4 is 15.7 Å². The van der Waals surface area contributed by atoms with Crippen molar-refractivity contribution in [2.24, 2.45) is 5.73 Å². The summed E-state index contributed by atoms with van der Waals surface area (Å²) in [6.07, 6.45) is 4.09. The molecule has 0 atom stereocenters. The number of hydrogen-bond acceptors (Lipinski definition) is 4. The van der Waals surface area contributed by atoms with Gasteiger partial charge in [0.15, 0.2) is 14.9 Å². The highest BCUT2D eigenvalue weighted by Gasteiger charge is 2.19. The molecule has 0 radical (unpaired) electrons. The molecule has 0 fully saturated rings. The van der Waals surface area contributed by atoms with Crippen molar-refractivity contribution in [3.8, 4) is 0 Å². The van der Waals surface area contributed by atoms with Crippen LogP contribution in [0, 0.1) is 0 Å². The number of sulfone groups is 1. The van der Waals surface area contributed by atoms with Crippen molar-refractivity contribution in [1.29, 1.82) is 0 Å². The van der Waals surface area contributed by atoms with Gasteiger partial charge in [0.05, 0.1) is 5.56 Å². The van der Waals surface area contributed by atoms with Gasteiger partial charge in [-0.3, -0.25) is 4.79 Å². The van der Waals surface area contributed by atoms with Crippen LogP contribution in [-0.4, -0.2) is 25.6 Å². The van der Waals surface area contributed by atoms with Crippen molar-refractivity contribution in [2.45, 2.75) is 24.8 Å². The van der Waals surface area contributed by atoms with Crippen molar-refractivity contribution in [3.05, 3.63) is 23.4 Å².